The predicted octanol–water partition coefficient (Wildman–Crippen LogP) is 2.90. The molecule has 1 fully saturated rings. The summed E-state index contributed by atoms with van der Waals surface area (Å²) in [5, 5.41) is 13.0. The van der Waals surface area contributed by atoms with Crippen LogP contribution in [0.5, 0.6) is 5.75 Å². The first-order chi connectivity index (χ1) is 11.1. The molecule has 1 saturated heterocycles. The number of aryl methyl sites for hydroxylation is 1. The molecule has 1 aromatic carbocycles. The molecule has 0 bridgehead atoms. The maximum atomic E-state index is 11.0. The Balaban J connectivity index is 1.55. The maximum absolute atomic E-state index is 11.0. The first-order valence-electron chi connectivity index (χ1n) is 7.77. The van der Waals surface area contributed by atoms with Gasteiger partial charge in [0.05, 0.1) is 17.3 Å². The van der Waals surface area contributed by atoms with Gasteiger partial charge in [-0.3, -0.25) is 4.90 Å². The summed E-state index contributed by atoms with van der Waals surface area (Å²) in [5.74, 6) is 0.541. The zero-order chi connectivity index (χ0) is 16.2. The highest BCUT2D eigenvalue weighted by molar-refractivity contribution is 5.87. The molecular formula is C17H20N2O4. The lowest BCUT2D eigenvalue weighted by Gasteiger charge is -2.22. The smallest absolute Gasteiger partial charge is 0.335 e. The third-order valence-corrected chi connectivity index (χ3v) is 4.07. The van der Waals surface area contributed by atoms with E-state index in [9.17, 15) is 4.79 Å². The molecule has 6 heteroatoms. The Labute approximate surface area is 134 Å². The summed E-state index contributed by atoms with van der Waals surface area (Å²) >= 11 is 0. The Kier molecular flexibility index (Phi) is 4.62. The topological polar surface area (TPSA) is 75.8 Å². The van der Waals surface area contributed by atoms with Gasteiger partial charge in [0, 0.05) is 12.6 Å². The third-order valence-electron chi connectivity index (χ3n) is 4.07. The molecule has 1 unspecified atom stereocenters. The fourth-order valence-electron chi connectivity index (χ4n) is 2.96. The van der Waals surface area contributed by atoms with Gasteiger partial charge < -0.3 is 14.4 Å². The number of carboxylic acids is 1. The van der Waals surface area contributed by atoms with E-state index in [1.54, 1.807) is 24.3 Å². The summed E-state index contributed by atoms with van der Waals surface area (Å²) in [6.07, 6.45) is 2.18. The van der Waals surface area contributed by atoms with Crippen molar-refractivity contribution in [3.63, 3.8) is 0 Å². The molecule has 2 heterocycles. The number of aromatic carboxylic acids is 1. The van der Waals surface area contributed by atoms with Crippen molar-refractivity contribution in [2.75, 3.05) is 19.7 Å². The summed E-state index contributed by atoms with van der Waals surface area (Å²) in [6.45, 7) is 4.20. The van der Waals surface area contributed by atoms with E-state index in [0.717, 1.165) is 37.4 Å². The molecule has 23 heavy (non-hydrogen) atoms. The van der Waals surface area contributed by atoms with Gasteiger partial charge in [0.15, 0.2) is 5.76 Å². The third kappa shape index (κ3) is 3.71. The van der Waals surface area contributed by atoms with E-state index in [4.69, 9.17) is 14.4 Å². The van der Waals surface area contributed by atoms with Crippen LogP contribution < -0.4 is 4.74 Å². The summed E-state index contributed by atoms with van der Waals surface area (Å²) in [7, 11) is 0. The average Bonchev–Trinajstić information content (AvgIpc) is 3.16. The second kappa shape index (κ2) is 6.83. The second-order valence-corrected chi connectivity index (χ2v) is 5.75. The molecule has 1 aliphatic heterocycles. The molecule has 0 radical (unpaired) electrons. The lowest BCUT2D eigenvalue weighted by atomic mass is 10.1. The molecule has 2 aromatic rings. The molecule has 1 N–H and O–H groups in total. The van der Waals surface area contributed by atoms with Crippen molar-refractivity contribution in [1.29, 1.82) is 0 Å². The van der Waals surface area contributed by atoms with Crippen molar-refractivity contribution in [3.8, 4) is 5.75 Å². The maximum Gasteiger partial charge on any atom is 0.335 e. The molecular weight excluding hydrogens is 296 g/mol. The molecule has 0 spiro atoms. The molecule has 0 amide bonds. The van der Waals surface area contributed by atoms with Crippen molar-refractivity contribution in [2.45, 2.75) is 25.8 Å². The molecule has 6 nitrogen and oxygen atoms in total. The Morgan fingerprint density at radius 3 is 3.09 bits per heavy atom. The average molecular weight is 316 g/mol. The summed E-state index contributed by atoms with van der Waals surface area (Å²) < 4.78 is 11.1. The number of hydrogen-bond donors (Lipinski definition) is 1. The van der Waals surface area contributed by atoms with Crippen LogP contribution in [-0.4, -0.2) is 40.8 Å². The van der Waals surface area contributed by atoms with Gasteiger partial charge in [0.1, 0.15) is 12.4 Å². The van der Waals surface area contributed by atoms with E-state index in [1.165, 1.54) is 0 Å². The van der Waals surface area contributed by atoms with E-state index >= 15 is 0 Å². The highest BCUT2D eigenvalue weighted by Crippen LogP contribution is 2.31. The van der Waals surface area contributed by atoms with E-state index in [0.29, 0.717) is 12.4 Å². The van der Waals surface area contributed by atoms with Crippen LogP contribution in [0.2, 0.25) is 0 Å². The molecule has 0 aliphatic carbocycles. The van der Waals surface area contributed by atoms with Crippen LogP contribution in [0.25, 0.3) is 0 Å². The fourth-order valence-corrected chi connectivity index (χ4v) is 2.96. The van der Waals surface area contributed by atoms with Crippen molar-refractivity contribution in [3.05, 3.63) is 47.3 Å². The number of likely N-dealkylation sites (tertiary alicyclic amines) is 1. The number of carboxylic acid groups (broad SMARTS) is 1. The van der Waals surface area contributed by atoms with Crippen LogP contribution in [0.1, 0.15) is 40.7 Å². The number of aromatic nitrogens is 1. The van der Waals surface area contributed by atoms with Gasteiger partial charge in [-0.1, -0.05) is 11.2 Å². The van der Waals surface area contributed by atoms with Gasteiger partial charge in [-0.05, 0) is 44.5 Å². The van der Waals surface area contributed by atoms with Crippen LogP contribution in [-0.2, 0) is 0 Å². The van der Waals surface area contributed by atoms with Crippen molar-refractivity contribution in [2.24, 2.45) is 0 Å². The summed E-state index contributed by atoms with van der Waals surface area (Å²) in [5.41, 5.74) is 1.13. The first kappa shape index (κ1) is 15.6. The van der Waals surface area contributed by atoms with Crippen LogP contribution in [0, 0.1) is 6.92 Å². The molecule has 1 aliphatic rings. The Morgan fingerprint density at radius 2 is 2.35 bits per heavy atom. The zero-order valence-electron chi connectivity index (χ0n) is 13.1. The number of ether oxygens (including phenoxy) is 1. The SMILES string of the molecule is Cc1cc(C2CCCN2CCOc2cccc(C(=O)O)c2)on1. The number of benzene rings is 1. The Morgan fingerprint density at radius 1 is 1.48 bits per heavy atom. The number of nitrogens with zero attached hydrogens (tertiary/aromatic N) is 2. The molecule has 3 rings (SSSR count). The highest BCUT2D eigenvalue weighted by Gasteiger charge is 2.28. The van der Waals surface area contributed by atoms with Gasteiger partial charge in [-0.15, -0.1) is 0 Å². The van der Waals surface area contributed by atoms with Crippen molar-refractivity contribution in [1.82, 2.24) is 10.1 Å². The minimum Gasteiger partial charge on any atom is -0.492 e. The van der Waals surface area contributed by atoms with Crippen molar-refractivity contribution >= 4 is 5.97 Å². The highest BCUT2D eigenvalue weighted by atomic mass is 16.5. The largest absolute Gasteiger partial charge is 0.492 e. The van der Waals surface area contributed by atoms with Crippen LogP contribution in [0.3, 0.4) is 0 Å². The molecule has 1 atom stereocenters. The second-order valence-electron chi connectivity index (χ2n) is 5.75. The Bertz CT molecular complexity index is 683. The monoisotopic (exact) mass is 316 g/mol. The standard InChI is InChI=1S/C17H20N2O4/c1-12-10-16(23-18-12)15-6-3-7-19(15)8-9-22-14-5-2-4-13(11-14)17(20)21/h2,4-5,10-11,15H,3,6-9H2,1H3,(H,20,21). The van der Waals surface area contributed by atoms with E-state index in [1.807, 2.05) is 13.0 Å². The van der Waals surface area contributed by atoms with Gasteiger partial charge >= 0.3 is 5.97 Å². The quantitative estimate of drug-likeness (QED) is 0.883. The normalized spacial score (nSPS) is 18.2. The van der Waals surface area contributed by atoms with E-state index < -0.39 is 5.97 Å². The predicted molar refractivity (Wildman–Crippen MR) is 83.7 cm³/mol. The number of rotatable bonds is 6. The van der Waals surface area contributed by atoms with Crippen LogP contribution in [0.4, 0.5) is 0 Å². The lowest BCUT2D eigenvalue weighted by molar-refractivity contribution is 0.0696. The van der Waals surface area contributed by atoms with E-state index in [-0.39, 0.29) is 11.6 Å². The van der Waals surface area contributed by atoms with Crippen LogP contribution in [0.15, 0.2) is 34.9 Å². The fraction of sp³-hybridized carbons (Fsp3) is 0.412. The molecule has 1 aromatic heterocycles. The van der Waals surface area contributed by atoms with Gasteiger partial charge in [0.2, 0.25) is 0 Å². The lowest BCUT2D eigenvalue weighted by Crippen LogP contribution is -2.28. The van der Waals surface area contributed by atoms with Gasteiger partial charge in [-0.2, -0.15) is 0 Å². The van der Waals surface area contributed by atoms with Crippen molar-refractivity contribution < 1.29 is 19.2 Å². The number of carbonyl (C=O) groups is 1. The minimum atomic E-state index is -0.948. The molecule has 122 valence electrons. The minimum absolute atomic E-state index is 0.235. The summed E-state index contributed by atoms with van der Waals surface area (Å²) in [4.78, 5) is 13.3. The van der Waals surface area contributed by atoms with E-state index in [2.05, 4.69) is 10.1 Å². The zero-order valence-corrected chi connectivity index (χ0v) is 13.1. The molecule has 0 saturated carbocycles. The van der Waals surface area contributed by atoms with Gasteiger partial charge in [-0.25, -0.2) is 4.79 Å². The van der Waals surface area contributed by atoms with Crippen LogP contribution >= 0.6 is 0 Å². The Hall–Kier alpha value is -2.34. The number of hydrogen-bond acceptors (Lipinski definition) is 5. The summed E-state index contributed by atoms with van der Waals surface area (Å²) in [6, 6.07) is 8.80. The first-order valence-corrected chi connectivity index (χ1v) is 7.77. The van der Waals surface area contributed by atoms with Gasteiger partial charge in [0.25, 0.3) is 0 Å².